The van der Waals surface area contributed by atoms with E-state index in [0.717, 1.165) is 12.1 Å². The molecule has 0 spiro atoms. The van der Waals surface area contributed by atoms with Crippen molar-refractivity contribution in [3.63, 3.8) is 0 Å². The van der Waals surface area contributed by atoms with E-state index in [2.05, 4.69) is 5.32 Å². The molecule has 0 bridgehead atoms. The monoisotopic (exact) mass is 297 g/mol. The van der Waals surface area contributed by atoms with E-state index in [4.69, 9.17) is 11.6 Å². The zero-order valence-electron chi connectivity index (χ0n) is 10.7. The Hall–Kier alpha value is -0.970. The summed E-state index contributed by atoms with van der Waals surface area (Å²) in [5, 5.41) is 2.90. The average molecular weight is 298 g/mol. The van der Waals surface area contributed by atoms with Gasteiger partial charge in [0.2, 0.25) is 0 Å². The highest BCUT2D eigenvalue weighted by Gasteiger charge is 2.31. The highest BCUT2D eigenvalue weighted by atomic mass is 35.5. The summed E-state index contributed by atoms with van der Waals surface area (Å²) >= 11 is 5.65. The van der Waals surface area contributed by atoms with Crippen LogP contribution in [0.5, 0.6) is 0 Å². The van der Waals surface area contributed by atoms with Gasteiger partial charge in [-0.05, 0) is 30.5 Å². The Labute approximate surface area is 115 Å². The Kier molecular flexibility index (Phi) is 5.47. The molecule has 0 aliphatic rings. The normalized spacial score (nSPS) is 13.7. The Balaban J connectivity index is 2.90. The summed E-state index contributed by atoms with van der Waals surface area (Å²) in [6, 6.07) is 2.40. The molecule has 1 aromatic rings. The van der Waals surface area contributed by atoms with Gasteiger partial charge in [-0.15, -0.1) is 11.6 Å². The van der Waals surface area contributed by atoms with E-state index in [9.17, 15) is 17.6 Å². The molecule has 108 valence electrons. The van der Waals surface area contributed by atoms with E-state index >= 15 is 0 Å². The summed E-state index contributed by atoms with van der Waals surface area (Å²) in [6.45, 7) is 3.87. The van der Waals surface area contributed by atoms with Crippen molar-refractivity contribution < 1.29 is 17.6 Å². The van der Waals surface area contributed by atoms with Crippen molar-refractivity contribution in [2.24, 2.45) is 5.92 Å². The van der Waals surface area contributed by atoms with E-state index in [1.165, 1.54) is 0 Å². The first-order chi connectivity index (χ1) is 8.75. The number of benzene rings is 1. The van der Waals surface area contributed by atoms with Crippen molar-refractivity contribution in [3.8, 4) is 0 Å². The SMILES string of the molecule is CC(C)C(CCCl)Nc1ccc(C(F)(F)F)cc1F. The van der Waals surface area contributed by atoms with Gasteiger partial charge in [0.15, 0.2) is 0 Å². The van der Waals surface area contributed by atoms with Gasteiger partial charge in [0.1, 0.15) is 5.82 Å². The average Bonchev–Trinajstić information content (AvgIpc) is 2.29. The Bertz CT molecular complexity index is 418. The van der Waals surface area contributed by atoms with Crippen molar-refractivity contribution in [2.75, 3.05) is 11.2 Å². The molecule has 0 aliphatic heterocycles. The quantitative estimate of drug-likeness (QED) is 0.601. The van der Waals surface area contributed by atoms with Crippen molar-refractivity contribution in [1.82, 2.24) is 0 Å². The third kappa shape index (κ3) is 4.56. The van der Waals surface area contributed by atoms with Crippen LogP contribution in [0.3, 0.4) is 0 Å². The Morgan fingerprint density at radius 3 is 2.32 bits per heavy atom. The van der Waals surface area contributed by atoms with Crippen molar-refractivity contribution in [3.05, 3.63) is 29.6 Å². The topological polar surface area (TPSA) is 12.0 Å². The first kappa shape index (κ1) is 16.1. The molecule has 0 amide bonds. The fraction of sp³-hybridized carbons (Fsp3) is 0.538. The zero-order valence-corrected chi connectivity index (χ0v) is 11.4. The van der Waals surface area contributed by atoms with Gasteiger partial charge in [-0.1, -0.05) is 13.8 Å². The van der Waals surface area contributed by atoms with E-state index in [0.29, 0.717) is 18.4 Å². The number of alkyl halides is 4. The third-order valence-corrected chi connectivity index (χ3v) is 3.08. The minimum absolute atomic E-state index is 0.0665. The van der Waals surface area contributed by atoms with Crippen LogP contribution in [0.15, 0.2) is 18.2 Å². The predicted molar refractivity (Wildman–Crippen MR) is 69.0 cm³/mol. The van der Waals surface area contributed by atoms with Crippen LogP contribution in [-0.2, 0) is 6.18 Å². The fourth-order valence-electron chi connectivity index (χ4n) is 1.70. The summed E-state index contributed by atoms with van der Waals surface area (Å²) in [5.41, 5.74) is -0.925. The lowest BCUT2D eigenvalue weighted by Crippen LogP contribution is -2.26. The van der Waals surface area contributed by atoms with E-state index < -0.39 is 17.6 Å². The standard InChI is InChI=1S/C13H16ClF4N/c1-8(2)11(5-6-14)19-12-4-3-9(7-10(12)15)13(16,17)18/h3-4,7-8,11,19H,5-6H2,1-2H3. The third-order valence-electron chi connectivity index (χ3n) is 2.86. The van der Waals surface area contributed by atoms with E-state index in [1.807, 2.05) is 13.8 Å². The van der Waals surface area contributed by atoms with Crippen LogP contribution in [0, 0.1) is 11.7 Å². The second kappa shape index (κ2) is 6.46. The maximum absolute atomic E-state index is 13.6. The molecule has 6 heteroatoms. The molecule has 0 saturated heterocycles. The lowest BCUT2D eigenvalue weighted by molar-refractivity contribution is -0.137. The zero-order chi connectivity index (χ0) is 14.6. The first-order valence-corrected chi connectivity index (χ1v) is 6.48. The highest BCUT2D eigenvalue weighted by Crippen LogP contribution is 2.31. The molecule has 1 atom stereocenters. The van der Waals surface area contributed by atoms with Crippen molar-refractivity contribution >= 4 is 17.3 Å². The van der Waals surface area contributed by atoms with Crippen LogP contribution in [0.25, 0.3) is 0 Å². The molecular formula is C13H16ClF4N. The largest absolute Gasteiger partial charge is 0.416 e. The van der Waals surface area contributed by atoms with Gasteiger partial charge in [-0.2, -0.15) is 13.2 Å². The van der Waals surface area contributed by atoms with Gasteiger partial charge in [0.05, 0.1) is 11.3 Å². The minimum Gasteiger partial charge on any atom is -0.380 e. The lowest BCUT2D eigenvalue weighted by Gasteiger charge is -2.23. The maximum Gasteiger partial charge on any atom is 0.416 e. The minimum atomic E-state index is -4.53. The Morgan fingerprint density at radius 1 is 1.26 bits per heavy atom. The molecule has 1 aromatic carbocycles. The van der Waals surface area contributed by atoms with Gasteiger partial charge in [-0.25, -0.2) is 4.39 Å². The van der Waals surface area contributed by atoms with Gasteiger partial charge >= 0.3 is 6.18 Å². The summed E-state index contributed by atoms with van der Waals surface area (Å²) in [7, 11) is 0. The first-order valence-electron chi connectivity index (χ1n) is 5.95. The number of hydrogen-bond donors (Lipinski definition) is 1. The van der Waals surface area contributed by atoms with Crippen LogP contribution < -0.4 is 5.32 Å². The summed E-state index contributed by atoms with van der Waals surface area (Å²) in [6.07, 6.45) is -3.92. The Morgan fingerprint density at radius 2 is 1.89 bits per heavy atom. The van der Waals surface area contributed by atoms with Gasteiger partial charge < -0.3 is 5.32 Å². The number of nitrogens with one attached hydrogen (secondary N) is 1. The molecular weight excluding hydrogens is 282 g/mol. The number of hydrogen-bond acceptors (Lipinski definition) is 1. The van der Waals surface area contributed by atoms with Crippen LogP contribution >= 0.6 is 11.6 Å². The molecule has 19 heavy (non-hydrogen) atoms. The molecule has 1 rings (SSSR count). The molecule has 1 nitrogen and oxygen atoms in total. The number of rotatable bonds is 5. The number of anilines is 1. The van der Waals surface area contributed by atoms with Gasteiger partial charge in [0, 0.05) is 11.9 Å². The van der Waals surface area contributed by atoms with Gasteiger partial charge in [-0.3, -0.25) is 0 Å². The molecule has 1 N–H and O–H groups in total. The molecule has 0 saturated carbocycles. The predicted octanol–water partition coefficient (Wildman–Crippen LogP) is 4.91. The van der Waals surface area contributed by atoms with Crippen LogP contribution in [0.4, 0.5) is 23.2 Å². The van der Waals surface area contributed by atoms with Crippen molar-refractivity contribution in [2.45, 2.75) is 32.5 Å². The van der Waals surface area contributed by atoms with E-state index in [-0.39, 0.29) is 17.6 Å². The summed E-state index contributed by atoms with van der Waals surface area (Å²) in [5.74, 6) is -0.312. The molecule has 0 radical (unpaired) electrons. The molecule has 1 unspecified atom stereocenters. The highest BCUT2D eigenvalue weighted by molar-refractivity contribution is 6.17. The number of halogens is 5. The molecule has 0 heterocycles. The van der Waals surface area contributed by atoms with Gasteiger partial charge in [0.25, 0.3) is 0 Å². The second-order valence-corrected chi connectivity index (χ2v) is 5.04. The fourth-order valence-corrected chi connectivity index (χ4v) is 1.93. The summed E-state index contributed by atoms with van der Waals surface area (Å²) in [4.78, 5) is 0. The molecule has 0 fully saturated rings. The smallest absolute Gasteiger partial charge is 0.380 e. The van der Waals surface area contributed by atoms with Crippen LogP contribution in [0.1, 0.15) is 25.8 Å². The molecule has 0 aromatic heterocycles. The lowest BCUT2D eigenvalue weighted by atomic mass is 10.0. The second-order valence-electron chi connectivity index (χ2n) is 4.66. The van der Waals surface area contributed by atoms with E-state index in [1.54, 1.807) is 0 Å². The molecule has 0 aliphatic carbocycles. The van der Waals surface area contributed by atoms with Crippen LogP contribution in [0.2, 0.25) is 0 Å². The van der Waals surface area contributed by atoms with Crippen molar-refractivity contribution in [1.29, 1.82) is 0 Å². The maximum atomic E-state index is 13.6. The van der Waals surface area contributed by atoms with Crippen LogP contribution in [-0.4, -0.2) is 11.9 Å². The summed E-state index contributed by atoms with van der Waals surface area (Å²) < 4.78 is 50.9.